The summed E-state index contributed by atoms with van der Waals surface area (Å²) in [6, 6.07) is 14.5. The Morgan fingerprint density at radius 2 is 1.43 bits per heavy atom. The Kier molecular flexibility index (Phi) is 15.0. The van der Waals surface area contributed by atoms with E-state index < -0.39 is 41.6 Å². The first-order valence-electron chi connectivity index (χ1n) is 17.6. The van der Waals surface area contributed by atoms with Gasteiger partial charge in [-0.1, -0.05) is 72.8 Å². The van der Waals surface area contributed by atoms with E-state index in [1.165, 1.54) is 21.6 Å². The first-order valence-corrected chi connectivity index (χ1v) is 17.6. The smallest absolute Gasteiger partial charge is 0.410 e. The van der Waals surface area contributed by atoms with Crippen LogP contribution in [0.5, 0.6) is 0 Å². The van der Waals surface area contributed by atoms with Crippen molar-refractivity contribution in [2.45, 2.75) is 89.9 Å². The molecule has 2 unspecified atom stereocenters. The monoisotopic (exact) mass is 701 g/mol. The molecule has 276 valence electrons. The quantitative estimate of drug-likeness (QED) is 0.275. The number of fused-ring (bicyclic) bond motifs is 1. The maximum absolute atomic E-state index is 14.7. The Morgan fingerprint density at radius 3 is 2.06 bits per heavy atom. The van der Waals surface area contributed by atoms with E-state index in [1.54, 1.807) is 49.0 Å². The van der Waals surface area contributed by atoms with Crippen molar-refractivity contribution in [2.24, 2.45) is 0 Å². The second-order valence-corrected chi connectivity index (χ2v) is 14.2. The zero-order chi connectivity index (χ0) is 37.7. The lowest BCUT2D eigenvalue weighted by Gasteiger charge is -2.36. The fraction of sp³-hybridized carbons (Fsp3) is 0.475. The van der Waals surface area contributed by atoms with Gasteiger partial charge >= 0.3 is 6.09 Å². The number of amides is 5. The Hall–Kier alpha value is -4.93. The number of ether oxygens (including phenoxy) is 1. The average molecular weight is 702 g/mol. The van der Waals surface area contributed by atoms with Crippen LogP contribution in [0.15, 0.2) is 66.2 Å². The molecular formula is C40H55N5O6. The molecule has 3 rings (SSSR count). The van der Waals surface area contributed by atoms with Crippen LogP contribution in [0.3, 0.4) is 0 Å². The minimum Gasteiger partial charge on any atom is -0.444 e. The molecule has 5 amide bonds. The first kappa shape index (κ1) is 40.5. The molecule has 0 fully saturated rings. The molecule has 11 heteroatoms. The van der Waals surface area contributed by atoms with Gasteiger partial charge in [-0.25, -0.2) is 4.79 Å². The van der Waals surface area contributed by atoms with Crippen molar-refractivity contribution >= 4 is 41.9 Å². The van der Waals surface area contributed by atoms with Crippen molar-refractivity contribution < 1.29 is 28.7 Å². The molecule has 0 saturated carbocycles. The van der Waals surface area contributed by atoms with Gasteiger partial charge in [0, 0.05) is 54.5 Å². The number of carbonyl (C=O) groups is 5. The number of likely N-dealkylation sites (N-methyl/N-ethyl adjacent to an activating group) is 3. The third-order valence-electron chi connectivity index (χ3n) is 8.66. The van der Waals surface area contributed by atoms with Gasteiger partial charge in [0.25, 0.3) is 0 Å². The Bertz CT molecular complexity index is 1680. The molecule has 2 aromatic rings. The van der Waals surface area contributed by atoms with E-state index in [1.807, 2.05) is 66.7 Å². The molecule has 0 saturated heterocycles. The van der Waals surface area contributed by atoms with Crippen LogP contribution in [0.1, 0.15) is 65.4 Å². The van der Waals surface area contributed by atoms with E-state index in [0.29, 0.717) is 32.2 Å². The van der Waals surface area contributed by atoms with Gasteiger partial charge in [-0.05, 0) is 68.0 Å². The number of hydrogen-bond donors (Lipinski definition) is 2. The maximum Gasteiger partial charge on any atom is 0.410 e. The van der Waals surface area contributed by atoms with Crippen molar-refractivity contribution in [2.75, 3.05) is 34.7 Å². The van der Waals surface area contributed by atoms with Crippen LogP contribution in [0, 0.1) is 0 Å². The number of hydrogen-bond acceptors (Lipinski definition) is 6. The molecule has 0 aromatic heterocycles. The summed E-state index contributed by atoms with van der Waals surface area (Å²) in [4.78, 5) is 71.0. The predicted molar refractivity (Wildman–Crippen MR) is 200 cm³/mol. The molecule has 0 radical (unpaired) electrons. The molecule has 1 aliphatic carbocycles. The zero-order valence-electron chi connectivity index (χ0n) is 31.4. The van der Waals surface area contributed by atoms with Gasteiger partial charge < -0.3 is 25.2 Å². The molecular weight excluding hydrogens is 646 g/mol. The third kappa shape index (κ3) is 12.7. The fourth-order valence-corrected chi connectivity index (χ4v) is 5.85. The van der Waals surface area contributed by atoms with E-state index in [0.717, 1.165) is 21.6 Å². The van der Waals surface area contributed by atoms with Crippen molar-refractivity contribution in [3.63, 3.8) is 0 Å². The van der Waals surface area contributed by atoms with Crippen LogP contribution in [0.2, 0.25) is 0 Å². The highest BCUT2D eigenvalue weighted by atomic mass is 16.6. The highest BCUT2D eigenvalue weighted by molar-refractivity contribution is 5.94. The van der Waals surface area contributed by atoms with Gasteiger partial charge in [0.2, 0.25) is 23.6 Å². The largest absolute Gasteiger partial charge is 0.444 e. The van der Waals surface area contributed by atoms with Crippen LogP contribution >= 0.6 is 0 Å². The summed E-state index contributed by atoms with van der Waals surface area (Å²) in [6.45, 7) is 7.21. The topological polar surface area (TPSA) is 128 Å². The predicted octanol–water partition coefficient (Wildman–Crippen LogP) is 3.15. The van der Waals surface area contributed by atoms with E-state index >= 15 is 0 Å². The summed E-state index contributed by atoms with van der Waals surface area (Å²) >= 11 is 0. The van der Waals surface area contributed by atoms with E-state index in [9.17, 15) is 24.0 Å². The molecule has 0 spiro atoms. The molecule has 0 bridgehead atoms. The number of nitrogens with zero attached hydrogens (tertiary/aromatic N) is 3. The summed E-state index contributed by atoms with van der Waals surface area (Å²) in [7, 11) is 6.36. The number of nitrogens with one attached hydrogen (secondary N) is 2. The molecule has 1 aliphatic rings. The summed E-state index contributed by atoms with van der Waals surface area (Å²) in [5.41, 5.74) is 0.906. The summed E-state index contributed by atoms with van der Waals surface area (Å²) < 4.78 is 5.69. The van der Waals surface area contributed by atoms with E-state index in [4.69, 9.17) is 4.74 Å². The zero-order valence-corrected chi connectivity index (χ0v) is 31.4. The Balaban J connectivity index is 1.97. The van der Waals surface area contributed by atoms with Gasteiger partial charge in [-0.15, -0.1) is 0 Å². The number of allylic oxidation sites excluding steroid dienone is 1. The lowest BCUT2D eigenvalue weighted by Crippen LogP contribution is -2.58. The normalized spacial score (nSPS) is 14.1. The van der Waals surface area contributed by atoms with Crippen LogP contribution < -0.4 is 21.1 Å². The van der Waals surface area contributed by atoms with Gasteiger partial charge in [0.05, 0.1) is 0 Å². The molecule has 11 nitrogen and oxygen atoms in total. The van der Waals surface area contributed by atoms with Gasteiger partial charge in [0.1, 0.15) is 23.7 Å². The van der Waals surface area contributed by atoms with Crippen molar-refractivity contribution in [1.29, 1.82) is 0 Å². The van der Waals surface area contributed by atoms with E-state index in [2.05, 4.69) is 16.7 Å². The molecule has 3 atom stereocenters. The minimum atomic E-state index is -1.01. The Labute approximate surface area is 302 Å². The second kappa shape index (κ2) is 18.9. The number of unbranched alkanes of at least 4 members (excludes halogenated alkanes) is 1. The van der Waals surface area contributed by atoms with Crippen molar-refractivity contribution in [3.8, 4) is 0 Å². The molecule has 0 heterocycles. The molecule has 2 N–H and O–H groups in total. The van der Waals surface area contributed by atoms with Crippen LogP contribution in [0.4, 0.5) is 4.79 Å². The standard InChI is InChI=1S/C40H55N5O6/c1-28(46)41-24-15-14-23-33(37(48)43(5)6)42-36(47)34(26-29-17-10-9-11-18-29)44(7)38(49)35(45(8)39(50)51-40(2,3)4)27-30-19-16-22-31-20-12-13-21-32(31)25-30/h9-13,17-22,25,33-35H,14-16,23-24,26-27H2,1-8H3,(H,41,46)(H,42,47)/t33?,34?,35-/m1/s1. The number of rotatable bonds is 15. The lowest BCUT2D eigenvalue weighted by molar-refractivity contribution is -0.143. The van der Waals surface area contributed by atoms with Gasteiger partial charge in [0.15, 0.2) is 0 Å². The fourth-order valence-electron chi connectivity index (χ4n) is 5.85. The van der Waals surface area contributed by atoms with E-state index in [-0.39, 0.29) is 24.7 Å². The van der Waals surface area contributed by atoms with Crippen LogP contribution in [0.25, 0.3) is 12.2 Å². The van der Waals surface area contributed by atoms with Gasteiger partial charge in [-0.3, -0.25) is 24.1 Å². The van der Waals surface area contributed by atoms with Crippen LogP contribution in [-0.4, -0.2) is 103 Å². The van der Waals surface area contributed by atoms with Crippen molar-refractivity contribution in [1.82, 2.24) is 25.3 Å². The number of carbonyl (C=O) groups excluding carboxylic acids is 5. The third-order valence-corrected chi connectivity index (χ3v) is 8.66. The highest BCUT2D eigenvalue weighted by Crippen LogP contribution is 2.21. The summed E-state index contributed by atoms with van der Waals surface area (Å²) in [5.74, 6) is -1.33. The first-order chi connectivity index (χ1) is 24.1. The van der Waals surface area contributed by atoms with Gasteiger partial charge in [-0.2, -0.15) is 0 Å². The van der Waals surface area contributed by atoms with Crippen molar-refractivity contribution in [3.05, 3.63) is 82.2 Å². The molecule has 51 heavy (non-hydrogen) atoms. The minimum absolute atomic E-state index is 0.132. The summed E-state index contributed by atoms with van der Waals surface area (Å²) in [6.07, 6.45) is 8.12. The lowest BCUT2D eigenvalue weighted by atomic mass is 9.99. The number of benzene rings is 2. The average Bonchev–Trinajstić information content (AvgIpc) is 3.29. The summed E-state index contributed by atoms with van der Waals surface area (Å²) in [5, 5.41) is 7.78. The maximum atomic E-state index is 14.7. The molecule has 2 aromatic carbocycles. The molecule has 0 aliphatic heterocycles. The highest BCUT2D eigenvalue weighted by Gasteiger charge is 2.38. The second-order valence-electron chi connectivity index (χ2n) is 14.2. The SMILES string of the molecule is CC(=O)NCCCCC(NC(=O)C(Cc1ccccc1)N(C)C(=O)[C@@H](CC1=CCC=c2ccccc2=C1)N(C)C(=O)OC(C)(C)C)C(=O)N(C)C. The van der Waals surface area contributed by atoms with Crippen LogP contribution in [-0.2, 0) is 30.3 Å². The Morgan fingerprint density at radius 1 is 0.784 bits per heavy atom.